The molecule has 0 spiro atoms. The molecule has 116 valence electrons. The normalized spacial score (nSPS) is 17.1. The average Bonchev–Trinajstić information content (AvgIpc) is 3.29. The number of aryl methyl sites for hydroxylation is 1. The second kappa shape index (κ2) is 7.46. The maximum Gasteiger partial charge on any atom is 0.237 e. The Morgan fingerprint density at radius 2 is 1.95 bits per heavy atom. The number of ether oxygens (including phenoxy) is 1. The second-order valence-electron chi connectivity index (χ2n) is 5.96. The Morgan fingerprint density at radius 1 is 1.29 bits per heavy atom. The van der Waals surface area contributed by atoms with Crippen molar-refractivity contribution in [3.05, 3.63) is 29.8 Å². The van der Waals surface area contributed by atoms with Crippen molar-refractivity contribution in [2.45, 2.75) is 57.7 Å². The molecule has 21 heavy (non-hydrogen) atoms. The van der Waals surface area contributed by atoms with E-state index >= 15 is 0 Å². The van der Waals surface area contributed by atoms with Crippen molar-refractivity contribution in [3.63, 3.8) is 0 Å². The SMILES string of the molecule is COc1ccc(CCC(C)NC(C)C(=O)NC2CC2)cc1. The summed E-state index contributed by atoms with van der Waals surface area (Å²) in [4.78, 5) is 11.9. The molecule has 1 fully saturated rings. The van der Waals surface area contributed by atoms with E-state index in [0.717, 1.165) is 31.4 Å². The minimum Gasteiger partial charge on any atom is -0.497 e. The molecule has 0 radical (unpaired) electrons. The van der Waals surface area contributed by atoms with E-state index in [1.807, 2.05) is 19.1 Å². The first-order valence-corrected chi connectivity index (χ1v) is 7.78. The Kier molecular flexibility index (Phi) is 5.62. The van der Waals surface area contributed by atoms with Crippen LogP contribution >= 0.6 is 0 Å². The third-order valence-electron chi connectivity index (χ3n) is 3.88. The van der Waals surface area contributed by atoms with Crippen LogP contribution in [0.5, 0.6) is 5.75 Å². The third-order valence-corrected chi connectivity index (χ3v) is 3.88. The fraction of sp³-hybridized carbons (Fsp3) is 0.588. The summed E-state index contributed by atoms with van der Waals surface area (Å²) in [6.45, 7) is 4.06. The maximum absolute atomic E-state index is 11.9. The predicted octanol–water partition coefficient (Wildman–Crippen LogP) is 2.27. The van der Waals surface area contributed by atoms with Gasteiger partial charge in [0.15, 0.2) is 0 Å². The summed E-state index contributed by atoms with van der Waals surface area (Å²) in [5.74, 6) is 1.00. The highest BCUT2D eigenvalue weighted by Gasteiger charge is 2.25. The molecule has 2 atom stereocenters. The molecule has 1 aromatic carbocycles. The molecule has 2 unspecified atom stereocenters. The van der Waals surface area contributed by atoms with Gasteiger partial charge in [-0.2, -0.15) is 0 Å². The smallest absolute Gasteiger partial charge is 0.237 e. The lowest BCUT2D eigenvalue weighted by molar-refractivity contribution is -0.123. The van der Waals surface area contributed by atoms with Gasteiger partial charge in [-0.15, -0.1) is 0 Å². The first kappa shape index (κ1) is 15.8. The molecular formula is C17H26N2O2. The summed E-state index contributed by atoms with van der Waals surface area (Å²) in [5, 5.41) is 6.40. The largest absolute Gasteiger partial charge is 0.497 e. The van der Waals surface area contributed by atoms with Crippen molar-refractivity contribution in [2.75, 3.05) is 7.11 Å². The van der Waals surface area contributed by atoms with Crippen LogP contribution in [0.2, 0.25) is 0 Å². The van der Waals surface area contributed by atoms with Gasteiger partial charge in [0, 0.05) is 12.1 Å². The number of amides is 1. The lowest BCUT2D eigenvalue weighted by Gasteiger charge is -2.19. The first-order chi connectivity index (χ1) is 10.1. The topological polar surface area (TPSA) is 50.4 Å². The summed E-state index contributed by atoms with van der Waals surface area (Å²) >= 11 is 0. The molecule has 4 nitrogen and oxygen atoms in total. The van der Waals surface area contributed by atoms with Gasteiger partial charge in [-0.1, -0.05) is 12.1 Å². The van der Waals surface area contributed by atoms with Crippen LogP contribution in [0.25, 0.3) is 0 Å². The Hall–Kier alpha value is -1.55. The average molecular weight is 290 g/mol. The number of nitrogens with one attached hydrogen (secondary N) is 2. The van der Waals surface area contributed by atoms with E-state index in [0.29, 0.717) is 12.1 Å². The second-order valence-corrected chi connectivity index (χ2v) is 5.96. The minimum atomic E-state index is -0.128. The summed E-state index contributed by atoms with van der Waals surface area (Å²) < 4.78 is 5.15. The summed E-state index contributed by atoms with van der Waals surface area (Å²) in [7, 11) is 1.68. The number of benzene rings is 1. The van der Waals surface area contributed by atoms with Crippen LogP contribution in [-0.2, 0) is 11.2 Å². The molecule has 0 aromatic heterocycles. The van der Waals surface area contributed by atoms with Gasteiger partial charge >= 0.3 is 0 Å². The molecule has 0 saturated heterocycles. The zero-order valence-corrected chi connectivity index (χ0v) is 13.2. The highest BCUT2D eigenvalue weighted by Crippen LogP contribution is 2.18. The van der Waals surface area contributed by atoms with Crippen LogP contribution in [0, 0.1) is 0 Å². The standard InChI is InChI=1S/C17H26N2O2/c1-12(18-13(2)17(20)19-15-8-9-15)4-5-14-6-10-16(21-3)11-7-14/h6-7,10-13,15,18H,4-5,8-9H2,1-3H3,(H,19,20). The fourth-order valence-electron chi connectivity index (χ4n) is 2.32. The van der Waals surface area contributed by atoms with E-state index in [1.165, 1.54) is 5.56 Å². The first-order valence-electron chi connectivity index (χ1n) is 7.78. The van der Waals surface area contributed by atoms with Gasteiger partial charge in [-0.25, -0.2) is 0 Å². The number of carbonyl (C=O) groups excluding carboxylic acids is 1. The number of methoxy groups -OCH3 is 1. The number of rotatable bonds is 8. The lowest BCUT2D eigenvalue weighted by atomic mass is 10.1. The van der Waals surface area contributed by atoms with Gasteiger partial charge in [-0.3, -0.25) is 4.79 Å². The molecule has 0 aliphatic heterocycles. The van der Waals surface area contributed by atoms with Crippen molar-refractivity contribution >= 4 is 5.91 Å². The van der Waals surface area contributed by atoms with Gasteiger partial charge in [-0.05, 0) is 57.2 Å². The summed E-state index contributed by atoms with van der Waals surface area (Å²) in [5.41, 5.74) is 1.29. The van der Waals surface area contributed by atoms with Gasteiger partial charge < -0.3 is 15.4 Å². The number of carbonyl (C=O) groups is 1. The fourth-order valence-corrected chi connectivity index (χ4v) is 2.32. The van der Waals surface area contributed by atoms with E-state index in [9.17, 15) is 4.79 Å². The quantitative estimate of drug-likeness (QED) is 0.772. The van der Waals surface area contributed by atoms with Crippen LogP contribution in [0.4, 0.5) is 0 Å². The molecule has 1 aliphatic carbocycles. The monoisotopic (exact) mass is 290 g/mol. The Bertz CT molecular complexity index is 454. The molecular weight excluding hydrogens is 264 g/mol. The van der Waals surface area contributed by atoms with E-state index in [1.54, 1.807) is 7.11 Å². The van der Waals surface area contributed by atoms with E-state index < -0.39 is 0 Å². The Morgan fingerprint density at radius 3 is 2.52 bits per heavy atom. The van der Waals surface area contributed by atoms with E-state index in [2.05, 4.69) is 29.7 Å². The molecule has 4 heteroatoms. The van der Waals surface area contributed by atoms with Crippen LogP contribution in [0.15, 0.2) is 24.3 Å². The van der Waals surface area contributed by atoms with Crippen molar-refractivity contribution < 1.29 is 9.53 Å². The van der Waals surface area contributed by atoms with Crippen molar-refractivity contribution in [1.29, 1.82) is 0 Å². The van der Waals surface area contributed by atoms with Gasteiger partial charge in [0.05, 0.1) is 13.2 Å². The van der Waals surface area contributed by atoms with Gasteiger partial charge in [0.1, 0.15) is 5.75 Å². The maximum atomic E-state index is 11.9. The molecule has 1 aromatic rings. The minimum absolute atomic E-state index is 0.119. The van der Waals surface area contributed by atoms with Crippen LogP contribution < -0.4 is 15.4 Å². The zero-order chi connectivity index (χ0) is 15.2. The Balaban J connectivity index is 1.70. The summed E-state index contributed by atoms with van der Waals surface area (Å²) in [6.07, 6.45) is 4.26. The number of hydrogen-bond acceptors (Lipinski definition) is 3. The predicted molar refractivity (Wildman–Crippen MR) is 84.5 cm³/mol. The Labute approximate surface area is 127 Å². The van der Waals surface area contributed by atoms with Crippen molar-refractivity contribution in [1.82, 2.24) is 10.6 Å². The summed E-state index contributed by atoms with van der Waals surface area (Å²) in [6, 6.07) is 8.77. The highest BCUT2D eigenvalue weighted by molar-refractivity contribution is 5.81. The number of hydrogen-bond donors (Lipinski definition) is 2. The van der Waals surface area contributed by atoms with Gasteiger partial charge in [0.2, 0.25) is 5.91 Å². The lowest BCUT2D eigenvalue weighted by Crippen LogP contribution is -2.46. The molecule has 1 saturated carbocycles. The van der Waals surface area contributed by atoms with Crippen LogP contribution in [-0.4, -0.2) is 31.1 Å². The highest BCUT2D eigenvalue weighted by atomic mass is 16.5. The van der Waals surface area contributed by atoms with Crippen molar-refractivity contribution in [3.8, 4) is 5.75 Å². The van der Waals surface area contributed by atoms with Crippen LogP contribution in [0.3, 0.4) is 0 Å². The third kappa shape index (κ3) is 5.38. The van der Waals surface area contributed by atoms with Crippen molar-refractivity contribution in [2.24, 2.45) is 0 Å². The molecule has 1 amide bonds. The molecule has 2 rings (SSSR count). The molecule has 1 aliphatic rings. The molecule has 0 heterocycles. The molecule has 2 N–H and O–H groups in total. The van der Waals surface area contributed by atoms with Gasteiger partial charge in [0.25, 0.3) is 0 Å². The van der Waals surface area contributed by atoms with E-state index in [-0.39, 0.29) is 11.9 Å². The zero-order valence-electron chi connectivity index (χ0n) is 13.2. The van der Waals surface area contributed by atoms with E-state index in [4.69, 9.17) is 4.74 Å². The molecule has 0 bridgehead atoms. The van der Waals surface area contributed by atoms with Crippen LogP contribution in [0.1, 0.15) is 38.7 Å².